The van der Waals surface area contributed by atoms with Crippen LogP contribution in [0.25, 0.3) is 10.9 Å². The highest BCUT2D eigenvalue weighted by Gasteiger charge is 2.36. The number of fused-ring (bicyclic) bond motifs is 1. The first-order valence-electron chi connectivity index (χ1n) is 11.6. The van der Waals surface area contributed by atoms with E-state index < -0.39 is 0 Å². The first kappa shape index (κ1) is 22.8. The Hall–Kier alpha value is -1.93. The lowest BCUT2D eigenvalue weighted by Crippen LogP contribution is -2.50. The molecule has 1 aromatic heterocycles. The molecule has 2 saturated heterocycles. The number of halogens is 2. The van der Waals surface area contributed by atoms with Gasteiger partial charge in [0.1, 0.15) is 5.17 Å². The maximum absolute atomic E-state index is 6.69. The number of anilines is 1. The molecule has 3 aliphatic rings. The molecular weight excluding hydrogens is 459 g/mol. The fourth-order valence-corrected chi connectivity index (χ4v) is 5.21. The van der Waals surface area contributed by atoms with E-state index in [1.165, 1.54) is 6.20 Å². The van der Waals surface area contributed by atoms with Crippen LogP contribution in [0.2, 0.25) is 5.02 Å². The van der Waals surface area contributed by atoms with E-state index in [-0.39, 0.29) is 0 Å². The Bertz CT molecular complexity index is 1090. The van der Waals surface area contributed by atoms with Crippen molar-refractivity contribution in [1.82, 2.24) is 14.9 Å². The lowest BCUT2D eigenvalue weighted by Gasteiger charge is -2.43. The number of nitrogens with zero attached hydrogens (tertiary/aromatic N) is 4. The first-order chi connectivity index (χ1) is 15.9. The highest BCUT2D eigenvalue weighted by molar-refractivity contribution is 6.69. The topological polar surface area (TPSA) is 88.7 Å². The average Bonchev–Trinajstić information content (AvgIpc) is 3.60. The largest absolute Gasteiger partial charge is 0.403 e. The summed E-state index contributed by atoms with van der Waals surface area (Å²) in [5.41, 5.74) is 8.59. The number of ether oxygens (including phenoxy) is 1. The normalized spacial score (nSPS) is 22.4. The molecule has 3 N–H and O–H groups in total. The smallest absolute Gasteiger partial charge is 0.227 e. The third-order valence-electron chi connectivity index (χ3n) is 6.71. The minimum absolute atomic E-state index is 0.299. The van der Waals surface area contributed by atoms with Crippen LogP contribution in [0.4, 0.5) is 5.95 Å². The first-order valence-corrected chi connectivity index (χ1v) is 12.4. The van der Waals surface area contributed by atoms with E-state index in [1.807, 2.05) is 6.07 Å². The number of aromatic nitrogens is 2. The summed E-state index contributed by atoms with van der Waals surface area (Å²) in [6.07, 6.45) is 7.48. The number of benzene rings is 1. The van der Waals surface area contributed by atoms with Crippen molar-refractivity contribution in [1.29, 1.82) is 0 Å². The number of allylic oxidation sites excluding steroid dienone is 1. The zero-order valence-corrected chi connectivity index (χ0v) is 20.4. The molecule has 0 spiro atoms. The van der Waals surface area contributed by atoms with Crippen molar-refractivity contribution in [2.75, 3.05) is 38.2 Å². The van der Waals surface area contributed by atoms with Crippen LogP contribution in [0.1, 0.15) is 44.1 Å². The summed E-state index contributed by atoms with van der Waals surface area (Å²) in [6, 6.07) is 4.38. The van der Waals surface area contributed by atoms with Gasteiger partial charge in [-0.3, -0.25) is 4.99 Å². The zero-order chi connectivity index (χ0) is 23.0. The van der Waals surface area contributed by atoms with E-state index in [4.69, 9.17) is 38.7 Å². The van der Waals surface area contributed by atoms with E-state index in [9.17, 15) is 0 Å². The number of piperidine rings is 1. The Morgan fingerprint density at radius 2 is 2.06 bits per heavy atom. The molecule has 0 bridgehead atoms. The summed E-state index contributed by atoms with van der Waals surface area (Å²) >= 11 is 13.0. The molecule has 1 aliphatic carbocycles. The van der Waals surface area contributed by atoms with Crippen LogP contribution in [-0.4, -0.2) is 58.9 Å². The molecule has 176 valence electrons. The molecule has 2 aliphatic heterocycles. The van der Waals surface area contributed by atoms with E-state index in [2.05, 4.69) is 33.2 Å². The van der Waals surface area contributed by atoms with Crippen molar-refractivity contribution in [3.8, 4) is 0 Å². The average molecular weight is 489 g/mol. The molecule has 5 rings (SSSR count). The molecule has 0 unspecified atom stereocenters. The van der Waals surface area contributed by atoms with Gasteiger partial charge in [0.05, 0.1) is 30.5 Å². The van der Waals surface area contributed by atoms with E-state index in [0.29, 0.717) is 34.2 Å². The maximum Gasteiger partial charge on any atom is 0.227 e. The third-order valence-corrected chi connectivity index (χ3v) is 7.34. The van der Waals surface area contributed by atoms with Crippen molar-refractivity contribution in [3.05, 3.63) is 40.8 Å². The molecule has 0 radical (unpaired) electrons. The fraction of sp³-hybridized carbons (Fsp3) is 0.542. The molecule has 9 heteroatoms. The number of nitrogens with two attached hydrogens (primary N) is 1. The second kappa shape index (κ2) is 9.37. The van der Waals surface area contributed by atoms with Gasteiger partial charge in [0.2, 0.25) is 5.95 Å². The number of hydrogen-bond donors (Lipinski definition) is 2. The second-order valence-electron chi connectivity index (χ2n) is 9.84. The van der Waals surface area contributed by atoms with Crippen LogP contribution in [0.3, 0.4) is 0 Å². The Balaban J connectivity index is 1.30. The van der Waals surface area contributed by atoms with Crippen LogP contribution in [0.15, 0.2) is 35.2 Å². The van der Waals surface area contributed by atoms with E-state index >= 15 is 0 Å². The predicted molar refractivity (Wildman–Crippen MR) is 134 cm³/mol. The third kappa shape index (κ3) is 5.27. The summed E-state index contributed by atoms with van der Waals surface area (Å²) in [5.74, 6) is 0.858. The molecule has 1 aromatic carbocycles. The van der Waals surface area contributed by atoms with Gasteiger partial charge in [-0.2, -0.15) is 0 Å². The Morgan fingerprint density at radius 1 is 1.30 bits per heavy atom. The van der Waals surface area contributed by atoms with Gasteiger partial charge in [-0.05, 0) is 62.4 Å². The Kier molecular flexibility index (Phi) is 6.49. The summed E-state index contributed by atoms with van der Waals surface area (Å²) in [4.78, 5) is 16.1. The number of nitrogens with one attached hydrogen (secondary N) is 1. The molecular formula is C24H30Cl2N6O. The van der Waals surface area contributed by atoms with Crippen molar-refractivity contribution in [2.45, 2.75) is 44.6 Å². The number of hydrogen-bond acceptors (Lipinski definition) is 7. The second-order valence-corrected chi connectivity index (χ2v) is 10.6. The molecule has 33 heavy (non-hydrogen) atoms. The summed E-state index contributed by atoms with van der Waals surface area (Å²) in [5, 5.41) is 5.15. The lowest BCUT2D eigenvalue weighted by molar-refractivity contribution is -0.116. The van der Waals surface area contributed by atoms with Gasteiger partial charge < -0.3 is 20.7 Å². The van der Waals surface area contributed by atoms with Gasteiger partial charge in [0.15, 0.2) is 0 Å². The van der Waals surface area contributed by atoms with Crippen LogP contribution in [0, 0.1) is 5.41 Å². The number of aliphatic imine (C=N–C) groups is 1. The summed E-state index contributed by atoms with van der Waals surface area (Å²) in [7, 11) is 0. The molecule has 7 nitrogen and oxygen atoms in total. The monoisotopic (exact) mass is 488 g/mol. The SMILES string of the molecule is CC1(CN2CCC(c3cc4nc(N/C(=C/N)C(Cl)=NC5CC5)ncc4cc3Cl)CC2)COC1. The quantitative estimate of drug-likeness (QED) is 0.557. The van der Waals surface area contributed by atoms with Gasteiger partial charge >= 0.3 is 0 Å². The molecule has 3 fully saturated rings. The molecule has 0 atom stereocenters. The number of rotatable bonds is 7. The van der Waals surface area contributed by atoms with Crippen LogP contribution >= 0.6 is 23.2 Å². The van der Waals surface area contributed by atoms with E-state index in [1.54, 1.807) is 6.20 Å². The standard InChI is InChI=1S/C24H30Cl2N6O/c1-24(13-33-14-24)12-32-6-4-15(5-7-32)18-9-20-16(8-19(18)25)11-28-23(30-20)31-21(10-27)22(26)29-17-2-3-17/h8-11,15,17H,2-7,12-14,27H2,1H3,(H,28,30,31)/b21-10+,29-22?. The molecule has 1 saturated carbocycles. The highest BCUT2D eigenvalue weighted by Crippen LogP contribution is 2.37. The van der Waals surface area contributed by atoms with Crippen LogP contribution in [0.5, 0.6) is 0 Å². The zero-order valence-electron chi connectivity index (χ0n) is 18.9. The highest BCUT2D eigenvalue weighted by atomic mass is 35.5. The van der Waals surface area contributed by atoms with Crippen molar-refractivity contribution in [2.24, 2.45) is 16.1 Å². The minimum atomic E-state index is 0.299. The summed E-state index contributed by atoms with van der Waals surface area (Å²) < 4.78 is 5.41. The fourth-order valence-electron chi connectivity index (χ4n) is 4.64. The molecule has 3 heterocycles. The maximum atomic E-state index is 6.69. The Labute approximate surface area is 204 Å². The number of likely N-dealkylation sites (tertiary alicyclic amines) is 1. The molecule has 2 aromatic rings. The van der Waals surface area contributed by atoms with Gasteiger partial charge in [-0.1, -0.05) is 30.1 Å². The summed E-state index contributed by atoms with van der Waals surface area (Å²) in [6.45, 7) is 7.32. The van der Waals surface area contributed by atoms with Gasteiger partial charge in [0, 0.05) is 34.8 Å². The lowest BCUT2D eigenvalue weighted by atomic mass is 9.85. The van der Waals surface area contributed by atoms with Crippen molar-refractivity contribution >= 4 is 45.2 Å². The Morgan fingerprint density at radius 3 is 2.70 bits per heavy atom. The van der Waals surface area contributed by atoms with Crippen molar-refractivity contribution in [3.63, 3.8) is 0 Å². The van der Waals surface area contributed by atoms with Crippen molar-refractivity contribution < 1.29 is 4.74 Å². The van der Waals surface area contributed by atoms with Crippen LogP contribution < -0.4 is 11.1 Å². The minimum Gasteiger partial charge on any atom is -0.403 e. The predicted octanol–water partition coefficient (Wildman–Crippen LogP) is 4.51. The van der Waals surface area contributed by atoms with Crippen LogP contribution in [-0.2, 0) is 4.74 Å². The van der Waals surface area contributed by atoms with Gasteiger partial charge in [-0.15, -0.1) is 0 Å². The van der Waals surface area contributed by atoms with Gasteiger partial charge in [-0.25, -0.2) is 9.97 Å². The van der Waals surface area contributed by atoms with E-state index in [0.717, 1.165) is 80.0 Å². The van der Waals surface area contributed by atoms with Gasteiger partial charge in [0.25, 0.3) is 0 Å². The molecule has 0 amide bonds.